The molecule has 0 aliphatic heterocycles. The highest BCUT2D eigenvalue weighted by atomic mass is 127. The summed E-state index contributed by atoms with van der Waals surface area (Å²) in [7, 11) is 0. The van der Waals surface area contributed by atoms with Crippen LogP contribution in [0.2, 0.25) is 0 Å². The third kappa shape index (κ3) is 14.4. The molecule has 0 aromatic heterocycles. The van der Waals surface area contributed by atoms with Gasteiger partial charge in [0.2, 0.25) is 0 Å². The highest BCUT2D eigenvalue weighted by Gasteiger charge is 2.14. The summed E-state index contributed by atoms with van der Waals surface area (Å²) in [5, 5.41) is 0. The average Bonchev–Trinajstić information content (AvgIpc) is 3.08. The second-order valence-corrected chi connectivity index (χ2v) is 13.1. The molecule has 3 aromatic carbocycles. The molecule has 0 bridgehead atoms. The first kappa shape index (κ1) is 39.2. The number of rotatable bonds is 20. The number of unbranched alkanes of at least 4 members (excludes halogenated alkanes) is 6. The molecule has 0 N–H and O–H groups in total. The van der Waals surface area contributed by atoms with Crippen LogP contribution in [-0.4, -0.2) is 37.1 Å². The number of esters is 4. The van der Waals surface area contributed by atoms with Gasteiger partial charge in [-0.2, -0.15) is 0 Å². The number of halogens is 1. The molecule has 0 spiro atoms. The highest BCUT2D eigenvalue weighted by molar-refractivity contribution is 14.1. The molecule has 260 valence electrons. The quantitative estimate of drug-likeness (QED) is 0.0368. The summed E-state index contributed by atoms with van der Waals surface area (Å²) in [6, 6.07) is 19.6. The molecule has 3 rings (SSSR count). The maximum absolute atomic E-state index is 12.8. The van der Waals surface area contributed by atoms with Crippen LogP contribution in [-0.2, 0) is 31.9 Å². The molecule has 0 amide bonds. The largest absolute Gasteiger partial charge is 0.462 e. The Morgan fingerprint density at radius 2 is 1.00 bits per heavy atom. The standard InChI is InChI=1S/C40H45IO8/c1-28(2)37(42)46-25-11-7-5-9-13-30-15-19-32(20-16-30)39(44)48-34-23-24-36(35(41)27-34)49-40(45)33-21-17-31(18-22-33)14-10-6-8-12-26-47-38(43)29(3)4/h15-24,27H,1,3,5-14,25-26H2,2,4H3. The van der Waals surface area contributed by atoms with Gasteiger partial charge in [0.1, 0.15) is 11.5 Å². The lowest BCUT2D eigenvalue weighted by Gasteiger charge is -2.10. The molecule has 0 radical (unpaired) electrons. The molecule has 8 nitrogen and oxygen atoms in total. The zero-order valence-electron chi connectivity index (χ0n) is 28.4. The summed E-state index contributed by atoms with van der Waals surface area (Å²) < 4.78 is 22.0. The van der Waals surface area contributed by atoms with Crippen molar-refractivity contribution in [3.05, 3.63) is 117 Å². The zero-order valence-corrected chi connectivity index (χ0v) is 30.6. The van der Waals surface area contributed by atoms with Crippen molar-refractivity contribution >= 4 is 46.5 Å². The molecule has 3 aromatic rings. The zero-order chi connectivity index (χ0) is 35.6. The van der Waals surface area contributed by atoms with Crippen molar-refractivity contribution in [1.82, 2.24) is 0 Å². The number of benzene rings is 3. The Balaban J connectivity index is 1.37. The normalized spacial score (nSPS) is 10.6. The Morgan fingerprint density at radius 1 is 0.571 bits per heavy atom. The number of aryl methyl sites for hydroxylation is 2. The van der Waals surface area contributed by atoms with Crippen molar-refractivity contribution < 1.29 is 38.1 Å². The fourth-order valence-corrected chi connectivity index (χ4v) is 5.31. The molecule has 49 heavy (non-hydrogen) atoms. The van der Waals surface area contributed by atoms with Gasteiger partial charge in [-0.15, -0.1) is 0 Å². The van der Waals surface area contributed by atoms with Gasteiger partial charge >= 0.3 is 23.9 Å². The van der Waals surface area contributed by atoms with Crippen LogP contribution in [0.25, 0.3) is 0 Å². The summed E-state index contributed by atoms with van der Waals surface area (Å²) in [6.45, 7) is 11.2. The van der Waals surface area contributed by atoms with Crippen LogP contribution >= 0.6 is 22.6 Å². The van der Waals surface area contributed by atoms with E-state index in [-0.39, 0.29) is 11.9 Å². The fourth-order valence-electron chi connectivity index (χ4n) is 4.71. The lowest BCUT2D eigenvalue weighted by molar-refractivity contribution is -0.139. The SMILES string of the molecule is C=C(C)C(=O)OCCCCCCc1ccc(C(=O)Oc2ccc(OC(=O)c3ccc(CCCCCCOC(=O)C(=C)C)cc3)c(I)c2)cc1. The molecule has 0 aliphatic rings. The van der Waals surface area contributed by atoms with Crippen molar-refractivity contribution in [3.63, 3.8) is 0 Å². The first-order valence-corrected chi connectivity index (χ1v) is 17.7. The second kappa shape index (κ2) is 21.0. The van der Waals surface area contributed by atoms with E-state index in [0.29, 0.717) is 50.6 Å². The molecular weight excluding hydrogens is 735 g/mol. The third-order valence-electron chi connectivity index (χ3n) is 7.58. The third-order valence-corrected chi connectivity index (χ3v) is 8.42. The second-order valence-electron chi connectivity index (χ2n) is 11.9. The predicted octanol–water partition coefficient (Wildman–Crippen LogP) is 9.17. The van der Waals surface area contributed by atoms with Crippen LogP contribution in [0.4, 0.5) is 0 Å². The van der Waals surface area contributed by atoms with E-state index in [1.807, 2.05) is 46.9 Å². The van der Waals surface area contributed by atoms with E-state index in [0.717, 1.165) is 75.3 Å². The minimum Gasteiger partial charge on any atom is -0.462 e. The Labute approximate surface area is 303 Å². The van der Waals surface area contributed by atoms with Gasteiger partial charge in [0.25, 0.3) is 0 Å². The van der Waals surface area contributed by atoms with Crippen LogP contribution in [0.15, 0.2) is 91.0 Å². The van der Waals surface area contributed by atoms with E-state index in [4.69, 9.17) is 18.9 Å². The summed E-state index contributed by atoms with van der Waals surface area (Å²) in [6.07, 6.45) is 9.41. The monoisotopic (exact) mass is 780 g/mol. The van der Waals surface area contributed by atoms with Gasteiger partial charge in [-0.25, -0.2) is 19.2 Å². The number of carbonyl (C=O) groups is 4. The Hall–Kier alpha value is -4.25. The number of hydrogen-bond donors (Lipinski definition) is 0. The van der Waals surface area contributed by atoms with Gasteiger partial charge in [0, 0.05) is 11.1 Å². The van der Waals surface area contributed by atoms with Gasteiger partial charge in [-0.3, -0.25) is 0 Å². The summed E-state index contributed by atoms with van der Waals surface area (Å²) in [4.78, 5) is 48.3. The van der Waals surface area contributed by atoms with Gasteiger partial charge in [0.15, 0.2) is 0 Å². The smallest absolute Gasteiger partial charge is 0.343 e. The molecule has 0 heterocycles. The van der Waals surface area contributed by atoms with Crippen LogP contribution in [0, 0.1) is 3.57 Å². The summed E-state index contributed by atoms with van der Waals surface area (Å²) in [5.41, 5.74) is 3.98. The predicted molar refractivity (Wildman–Crippen MR) is 198 cm³/mol. The lowest BCUT2D eigenvalue weighted by Crippen LogP contribution is -2.11. The van der Waals surface area contributed by atoms with Crippen molar-refractivity contribution in [1.29, 1.82) is 0 Å². The van der Waals surface area contributed by atoms with Crippen LogP contribution in [0.3, 0.4) is 0 Å². The molecule has 0 saturated heterocycles. The minimum absolute atomic E-state index is 0.345. The van der Waals surface area contributed by atoms with Crippen molar-refractivity contribution in [3.8, 4) is 11.5 Å². The molecule has 0 atom stereocenters. The van der Waals surface area contributed by atoms with E-state index < -0.39 is 11.9 Å². The lowest BCUT2D eigenvalue weighted by atomic mass is 10.0. The Kier molecular flexibility index (Phi) is 16.8. The van der Waals surface area contributed by atoms with Gasteiger partial charge in [0.05, 0.1) is 27.9 Å². The molecule has 0 unspecified atom stereocenters. The first-order chi connectivity index (χ1) is 23.5. The van der Waals surface area contributed by atoms with E-state index >= 15 is 0 Å². The number of carbonyl (C=O) groups excluding carboxylic acids is 4. The fraction of sp³-hybridized carbons (Fsp3) is 0.350. The molecule has 9 heteroatoms. The van der Waals surface area contributed by atoms with Crippen LogP contribution < -0.4 is 9.47 Å². The van der Waals surface area contributed by atoms with E-state index in [1.54, 1.807) is 56.3 Å². The molecule has 0 saturated carbocycles. The van der Waals surface area contributed by atoms with Crippen molar-refractivity contribution in [2.75, 3.05) is 13.2 Å². The summed E-state index contributed by atoms with van der Waals surface area (Å²) >= 11 is 2.05. The molecular formula is C40H45IO8. The maximum atomic E-state index is 12.8. The minimum atomic E-state index is -0.472. The van der Waals surface area contributed by atoms with Gasteiger partial charge in [-0.05, 0) is 129 Å². The topological polar surface area (TPSA) is 105 Å². The van der Waals surface area contributed by atoms with Gasteiger partial charge < -0.3 is 18.9 Å². The van der Waals surface area contributed by atoms with E-state index in [2.05, 4.69) is 13.2 Å². The average molecular weight is 781 g/mol. The number of hydrogen-bond acceptors (Lipinski definition) is 8. The number of ether oxygens (including phenoxy) is 4. The van der Waals surface area contributed by atoms with Crippen LogP contribution in [0.5, 0.6) is 11.5 Å². The van der Waals surface area contributed by atoms with E-state index in [9.17, 15) is 19.2 Å². The maximum Gasteiger partial charge on any atom is 0.343 e. The van der Waals surface area contributed by atoms with Gasteiger partial charge in [-0.1, -0.05) is 63.1 Å². The highest BCUT2D eigenvalue weighted by Crippen LogP contribution is 2.27. The Morgan fingerprint density at radius 3 is 1.43 bits per heavy atom. The Bertz CT molecular complexity index is 1590. The van der Waals surface area contributed by atoms with Crippen molar-refractivity contribution in [2.24, 2.45) is 0 Å². The first-order valence-electron chi connectivity index (χ1n) is 16.6. The van der Waals surface area contributed by atoms with Crippen LogP contribution in [0.1, 0.15) is 97.1 Å². The van der Waals surface area contributed by atoms with E-state index in [1.165, 1.54) is 0 Å². The summed E-state index contributed by atoms with van der Waals surface area (Å²) in [5.74, 6) is -0.904. The van der Waals surface area contributed by atoms with Crippen molar-refractivity contribution in [2.45, 2.75) is 78.1 Å². The molecule has 0 fully saturated rings. The molecule has 0 aliphatic carbocycles.